The van der Waals surface area contributed by atoms with Gasteiger partial charge in [-0.1, -0.05) is 29.5 Å². The van der Waals surface area contributed by atoms with Crippen LogP contribution >= 0.6 is 23.1 Å². The molecule has 4 rings (SSSR count). The van der Waals surface area contributed by atoms with Crippen molar-refractivity contribution in [3.63, 3.8) is 0 Å². The molecule has 0 atom stereocenters. The Morgan fingerprint density at radius 2 is 1.86 bits per heavy atom. The Bertz CT molecular complexity index is 911. The Labute approximate surface area is 135 Å². The number of fused-ring (bicyclic) bond motifs is 1. The Kier molecular flexibility index (Phi) is 3.40. The van der Waals surface area contributed by atoms with E-state index in [1.54, 1.807) is 27.6 Å². The molecule has 0 aliphatic rings. The maximum atomic E-state index is 4.67. The van der Waals surface area contributed by atoms with Crippen LogP contribution < -0.4 is 0 Å². The quantitative estimate of drug-likeness (QED) is 0.563. The third-order valence-electron chi connectivity index (χ3n) is 3.26. The van der Waals surface area contributed by atoms with Crippen molar-refractivity contribution in [2.24, 2.45) is 0 Å². The van der Waals surface area contributed by atoms with E-state index in [1.165, 1.54) is 10.5 Å². The first kappa shape index (κ1) is 13.5. The predicted octanol–water partition coefficient (Wildman–Crippen LogP) is 4.31. The van der Waals surface area contributed by atoms with Crippen LogP contribution in [0.1, 0.15) is 5.56 Å². The first-order valence-corrected chi connectivity index (χ1v) is 8.55. The minimum absolute atomic E-state index is 0.759. The van der Waals surface area contributed by atoms with Gasteiger partial charge in [0.25, 0.3) is 0 Å². The van der Waals surface area contributed by atoms with E-state index >= 15 is 0 Å². The van der Waals surface area contributed by atoms with E-state index in [1.807, 2.05) is 23.6 Å². The lowest BCUT2D eigenvalue weighted by molar-refractivity contribution is 0.861. The average molecular weight is 324 g/mol. The molecule has 0 spiro atoms. The molecule has 6 heteroatoms. The zero-order valence-electron chi connectivity index (χ0n) is 11.8. The lowest BCUT2D eigenvalue weighted by Gasteiger charge is -2.03. The highest BCUT2D eigenvalue weighted by Gasteiger charge is 2.10. The number of nitrogens with zero attached hydrogens (tertiary/aromatic N) is 4. The second kappa shape index (κ2) is 5.55. The van der Waals surface area contributed by atoms with Crippen LogP contribution in [0.25, 0.3) is 17.0 Å². The summed E-state index contributed by atoms with van der Waals surface area (Å²) in [4.78, 5) is 1.17. The number of benzene rings is 1. The normalized spacial score (nSPS) is 11.1. The van der Waals surface area contributed by atoms with Gasteiger partial charge in [-0.15, -0.1) is 10.2 Å². The molecule has 4 aromatic rings. The lowest BCUT2D eigenvalue weighted by Crippen LogP contribution is -1.95. The van der Waals surface area contributed by atoms with Gasteiger partial charge in [0.2, 0.25) is 0 Å². The predicted molar refractivity (Wildman–Crippen MR) is 89.4 cm³/mol. The zero-order chi connectivity index (χ0) is 14.9. The van der Waals surface area contributed by atoms with Gasteiger partial charge in [-0.25, -0.2) is 0 Å². The van der Waals surface area contributed by atoms with Gasteiger partial charge in [0.05, 0.1) is 0 Å². The van der Waals surface area contributed by atoms with Crippen molar-refractivity contribution in [2.45, 2.75) is 16.8 Å². The Balaban J connectivity index is 1.73. The van der Waals surface area contributed by atoms with Crippen molar-refractivity contribution in [3.8, 4) is 11.4 Å². The second-order valence-corrected chi connectivity index (χ2v) is 6.77. The number of aryl methyl sites for hydroxylation is 1. The summed E-state index contributed by atoms with van der Waals surface area (Å²) in [5, 5.41) is 18.1. The molecule has 0 N–H and O–H groups in total. The van der Waals surface area contributed by atoms with Crippen molar-refractivity contribution in [1.29, 1.82) is 0 Å². The molecule has 0 amide bonds. The smallest absolute Gasteiger partial charge is 0.186 e. The number of thiophene rings is 1. The van der Waals surface area contributed by atoms with Gasteiger partial charge in [0, 0.05) is 15.8 Å². The van der Waals surface area contributed by atoms with E-state index in [9.17, 15) is 0 Å². The highest BCUT2D eigenvalue weighted by atomic mass is 32.2. The summed E-state index contributed by atoms with van der Waals surface area (Å²) < 4.78 is 1.80. The molecular formula is C16H12N4S2. The van der Waals surface area contributed by atoms with E-state index in [-0.39, 0.29) is 0 Å². The van der Waals surface area contributed by atoms with Crippen LogP contribution in [0.2, 0.25) is 0 Å². The molecule has 3 heterocycles. The van der Waals surface area contributed by atoms with Gasteiger partial charge in [-0.2, -0.15) is 21.0 Å². The van der Waals surface area contributed by atoms with Gasteiger partial charge in [0.1, 0.15) is 5.03 Å². The SMILES string of the molecule is Cc1ccc(Sc2ccc3nnc(-c4ccsc4)n3n2)cc1. The fraction of sp³-hybridized carbons (Fsp3) is 0.0625. The number of hydrogen-bond donors (Lipinski definition) is 0. The molecule has 3 aromatic heterocycles. The highest BCUT2D eigenvalue weighted by molar-refractivity contribution is 7.99. The van der Waals surface area contributed by atoms with Crippen LogP contribution in [0.3, 0.4) is 0 Å². The second-order valence-electron chi connectivity index (χ2n) is 4.89. The Morgan fingerprint density at radius 1 is 1.00 bits per heavy atom. The van der Waals surface area contributed by atoms with Gasteiger partial charge >= 0.3 is 0 Å². The Morgan fingerprint density at radius 3 is 2.64 bits per heavy atom. The molecular weight excluding hydrogens is 312 g/mol. The topological polar surface area (TPSA) is 43.1 Å². The summed E-state index contributed by atoms with van der Waals surface area (Å²) >= 11 is 3.28. The Hall–Kier alpha value is -2.18. The summed E-state index contributed by atoms with van der Waals surface area (Å²) in [7, 11) is 0. The molecule has 0 saturated carbocycles. The standard InChI is InChI=1S/C16H12N4S2/c1-11-2-4-13(5-3-11)22-15-7-6-14-17-18-16(20(14)19-15)12-8-9-21-10-12/h2-10H,1H3. The van der Waals surface area contributed by atoms with E-state index in [0.29, 0.717) is 0 Å². The molecule has 0 radical (unpaired) electrons. The number of hydrogen-bond acceptors (Lipinski definition) is 5. The first-order valence-electron chi connectivity index (χ1n) is 6.79. The molecule has 0 fully saturated rings. The van der Waals surface area contributed by atoms with E-state index in [0.717, 1.165) is 22.1 Å². The minimum Gasteiger partial charge on any atom is -0.192 e. The van der Waals surface area contributed by atoms with Crippen LogP contribution in [0, 0.1) is 6.92 Å². The minimum atomic E-state index is 0.759. The molecule has 0 aliphatic heterocycles. The summed E-state index contributed by atoms with van der Waals surface area (Å²) in [6.45, 7) is 2.09. The maximum absolute atomic E-state index is 4.67. The molecule has 0 unspecified atom stereocenters. The average Bonchev–Trinajstić information content (AvgIpc) is 3.18. The maximum Gasteiger partial charge on any atom is 0.186 e. The van der Waals surface area contributed by atoms with E-state index in [4.69, 9.17) is 0 Å². The number of rotatable bonds is 3. The van der Waals surface area contributed by atoms with E-state index < -0.39 is 0 Å². The lowest BCUT2D eigenvalue weighted by atomic mass is 10.2. The summed E-state index contributed by atoms with van der Waals surface area (Å²) in [5.74, 6) is 0.780. The van der Waals surface area contributed by atoms with Crippen molar-refractivity contribution in [3.05, 3.63) is 58.8 Å². The monoisotopic (exact) mass is 324 g/mol. The van der Waals surface area contributed by atoms with Crippen molar-refractivity contribution in [2.75, 3.05) is 0 Å². The van der Waals surface area contributed by atoms with Gasteiger partial charge < -0.3 is 0 Å². The van der Waals surface area contributed by atoms with Gasteiger partial charge in [-0.3, -0.25) is 0 Å². The van der Waals surface area contributed by atoms with Crippen molar-refractivity contribution in [1.82, 2.24) is 19.8 Å². The molecule has 0 bridgehead atoms. The van der Waals surface area contributed by atoms with Crippen molar-refractivity contribution < 1.29 is 0 Å². The van der Waals surface area contributed by atoms with Crippen LogP contribution in [0.15, 0.2) is 63.1 Å². The van der Waals surface area contributed by atoms with Crippen LogP contribution in [-0.4, -0.2) is 19.8 Å². The van der Waals surface area contributed by atoms with Gasteiger partial charge in [-0.05, 0) is 42.6 Å². The van der Waals surface area contributed by atoms with Crippen LogP contribution in [-0.2, 0) is 0 Å². The molecule has 22 heavy (non-hydrogen) atoms. The molecule has 0 aliphatic carbocycles. The van der Waals surface area contributed by atoms with Gasteiger partial charge in [0.15, 0.2) is 11.5 Å². The first-order chi connectivity index (χ1) is 10.8. The summed E-state index contributed by atoms with van der Waals surface area (Å²) in [5.41, 5.74) is 3.06. The third-order valence-corrected chi connectivity index (χ3v) is 4.88. The van der Waals surface area contributed by atoms with Crippen LogP contribution in [0.5, 0.6) is 0 Å². The third kappa shape index (κ3) is 2.51. The fourth-order valence-electron chi connectivity index (χ4n) is 2.13. The summed E-state index contributed by atoms with van der Waals surface area (Å²) in [6.07, 6.45) is 0. The molecule has 1 aromatic carbocycles. The highest BCUT2D eigenvalue weighted by Crippen LogP contribution is 2.27. The number of aromatic nitrogens is 4. The largest absolute Gasteiger partial charge is 0.192 e. The fourth-order valence-corrected chi connectivity index (χ4v) is 3.53. The zero-order valence-corrected chi connectivity index (χ0v) is 13.4. The molecule has 0 saturated heterocycles. The molecule has 4 nitrogen and oxygen atoms in total. The van der Waals surface area contributed by atoms with Crippen LogP contribution in [0.4, 0.5) is 0 Å². The van der Waals surface area contributed by atoms with Crippen molar-refractivity contribution >= 4 is 28.7 Å². The van der Waals surface area contributed by atoms with E-state index in [2.05, 4.69) is 51.9 Å². The molecule has 108 valence electrons. The summed E-state index contributed by atoms with van der Waals surface area (Å²) in [6, 6.07) is 14.4.